The third-order valence-electron chi connectivity index (χ3n) is 4.24. The van der Waals surface area contributed by atoms with Crippen molar-refractivity contribution in [1.29, 1.82) is 0 Å². The highest BCUT2D eigenvalue weighted by Crippen LogP contribution is 2.23. The summed E-state index contributed by atoms with van der Waals surface area (Å²) in [4.78, 5) is 27.5. The van der Waals surface area contributed by atoms with Crippen molar-refractivity contribution in [3.63, 3.8) is 0 Å². The minimum Gasteiger partial charge on any atom is -0.497 e. The molecule has 2 N–H and O–H groups in total. The molecule has 3 rings (SSSR count). The predicted octanol–water partition coefficient (Wildman–Crippen LogP) is 2.76. The van der Waals surface area contributed by atoms with Crippen molar-refractivity contribution in [3.05, 3.63) is 57.5 Å². The minimum atomic E-state index is -0.402. The molecule has 1 aromatic carbocycles. The van der Waals surface area contributed by atoms with E-state index in [4.69, 9.17) is 4.74 Å². The van der Waals surface area contributed by atoms with E-state index in [0.29, 0.717) is 17.4 Å². The van der Waals surface area contributed by atoms with Gasteiger partial charge in [-0.3, -0.25) is 9.59 Å². The molecule has 0 radical (unpaired) electrons. The van der Waals surface area contributed by atoms with Crippen LogP contribution in [-0.4, -0.2) is 18.0 Å². The molecule has 5 heteroatoms. The zero-order valence-corrected chi connectivity index (χ0v) is 13.3. The maximum absolute atomic E-state index is 12.4. The number of H-pyrrole nitrogens is 1. The van der Waals surface area contributed by atoms with Gasteiger partial charge in [-0.05, 0) is 48.9 Å². The maximum atomic E-state index is 12.4. The Kier molecular flexibility index (Phi) is 4.19. The van der Waals surface area contributed by atoms with Crippen LogP contribution >= 0.6 is 0 Å². The van der Waals surface area contributed by atoms with Crippen LogP contribution in [0.1, 0.15) is 35.0 Å². The quantitative estimate of drug-likeness (QED) is 0.915. The first-order valence-electron chi connectivity index (χ1n) is 7.77. The number of anilines is 1. The Morgan fingerprint density at radius 1 is 1.35 bits per heavy atom. The molecule has 1 aliphatic rings. The van der Waals surface area contributed by atoms with Crippen LogP contribution in [0, 0.1) is 5.92 Å². The number of hydrogen-bond acceptors (Lipinski definition) is 3. The Morgan fingerprint density at radius 2 is 2.17 bits per heavy atom. The van der Waals surface area contributed by atoms with Crippen molar-refractivity contribution in [2.75, 3.05) is 12.4 Å². The van der Waals surface area contributed by atoms with Crippen molar-refractivity contribution in [3.8, 4) is 5.75 Å². The third-order valence-corrected chi connectivity index (χ3v) is 4.24. The molecular weight excluding hydrogens is 292 g/mol. The molecule has 0 saturated heterocycles. The Morgan fingerprint density at radius 3 is 2.96 bits per heavy atom. The van der Waals surface area contributed by atoms with E-state index in [1.165, 1.54) is 0 Å². The summed E-state index contributed by atoms with van der Waals surface area (Å²) in [5.41, 5.74) is 2.45. The van der Waals surface area contributed by atoms with Gasteiger partial charge in [-0.2, -0.15) is 0 Å². The van der Waals surface area contributed by atoms with E-state index in [1.54, 1.807) is 37.4 Å². The Labute approximate surface area is 134 Å². The van der Waals surface area contributed by atoms with Crippen molar-refractivity contribution in [1.82, 2.24) is 4.98 Å². The Balaban J connectivity index is 1.87. The lowest BCUT2D eigenvalue weighted by molar-refractivity contribution is 0.102. The lowest BCUT2D eigenvalue weighted by Gasteiger charge is -2.21. The van der Waals surface area contributed by atoms with Gasteiger partial charge >= 0.3 is 0 Å². The second-order valence-corrected chi connectivity index (χ2v) is 6.05. The molecule has 1 aliphatic carbocycles. The number of aromatic amines is 1. The van der Waals surface area contributed by atoms with E-state index in [9.17, 15) is 9.59 Å². The van der Waals surface area contributed by atoms with Gasteiger partial charge in [0.1, 0.15) is 11.3 Å². The summed E-state index contributed by atoms with van der Waals surface area (Å²) in [6, 6.07) is 8.79. The largest absolute Gasteiger partial charge is 0.497 e. The summed E-state index contributed by atoms with van der Waals surface area (Å²) in [6.07, 6.45) is 2.83. The van der Waals surface area contributed by atoms with Gasteiger partial charge in [0.05, 0.1) is 7.11 Å². The molecule has 5 nitrogen and oxygen atoms in total. The van der Waals surface area contributed by atoms with Crippen LogP contribution in [0.4, 0.5) is 5.69 Å². The SMILES string of the molecule is COc1cccc(NC(=O)c2cc3c([nH]c2=O)CC[C@@H](C)C3)c1. The van der Waals surface area contributed by atoms with Crippen molar-refractivity contribution >= 4 is 11.6 Å². The Bertz CT molecular complexity index is 795. The number of fused-ring (bicyclic) bond motifs is 1. The fraction of sp³-hybridized carbons (Fsp3) is 0.333. The first-order chi connectivity index (χ1) is 11.1. The minimum absolute atomic E-state index is 0.153. The van der Waals surface area contributed by atoms with Gasteiger partial charge in [-0.15, -0.1) is 0 Å². The molecule has 1 atom stereocenters. The molecule has 0 aliphatic heterocycles. The van der Waals surface area contributed by atoms with Crippen LogP contribution in [0.25, 0.3) is 0 Å². The summed E-state index contributed by atoms with van der Waals surface area (Å²) in [7, 11) is 1.57. The first-order valence-corrected chi connectivity index (χ1v) is 7.77. The summed E-state index contributed by atoms with van der Waals surface area (Å²) in [6.45, 7) is 2.18. The molecule has 23 heavy (non-hydrogen) atoms. The highest BCUT2D eigenvalue weighted by atomic mass is 16.5. The van der Waals surface area contributed by atoms with Gasteiger partial charge < -0.3 is 15.0 Å². The number of methoxy groups -OCH3 is 1. The topological polar surface area (TPSA) is 71.2 Å². The summed E-state index contributed by atoms with van der Waals surface area (Å²) in [5.74, 6) is 0.819. The highest BCUT2D eigenvalue weighted by molar-refractivity contribution is 6.04. The average molecular weight is 312 g/mol. The van der Waals surface area contributed by atoms with E-state index < -0.39 is 5.91 Å². The van der Waals surface area contributed by atoms with E-state index in [1.807, 2.05) is 0 Å². The lowest BCUT2D eigenvalue weighted by Crippen LogP contribution is -2.27. The molecule has 0 fully saturated rings. The van der Waals surface area contributed by atoms with Crippen LogP contribution in [-0.2, 0) is 12.8 Å². The van der Waals surface area contributed by atoms with Crippen molar-refractivity contribution in [2.24, 2.45) is 5.92 Å². The molecule has 0 spiro atoms. The van der Waals surface area contributed by atoms with Gasteiger partial charge in [0.15, 0.2) is 0 Å². The normalized spacial score (nSPS) is 16.5. The van der Waals surface area contributed by atoms with Crippen LogP contribution in [0.2, 0.25) is 0 Å². The third kappa shape index (κ3) is 3.28. The standard InChI is InChI=1S/C18H20N2O3/c1-11-6-7-16-12(8-11)9-15(18(22)20-16)17(21)19-13-4-3-5-14(10-13)23-2/h3-5,9-11H,6-8H2,1-2H3,(H,19,21)(H,20,22)/t11-/m1/s1. The number of aromatic nitrogens is 1. The number of benzene rings is 1. The Hall–Kier alpha value is -2.56. The fourth-order valence-corrected chi connectivity index (χ4v) is 2.95. The van der Waals surface area contributed by atoms with E-state index in [0.717, 1.165) is 30.5 Å². The second-order valence-electron chi connectivity index (χ2n) is 6.05. The van der Waals surface area contributed by atoms with Crippen molar-refractivity contribution < 1.29 is 9.53 Å². The molecule has 0 unspecified atom stereocenters. The zero-order valence-electron chi connectivity index (χ0n) is 13.3. The number of carbonyl (C=O) groups excluding carboxylic acids is 1. The van der Waals surface area contributed by atoms with Gasteiger partial charge in [0.25, 0.3) is 11.5 Å². The molecule has 1 heterocycles. The zero-order chi connectivity index (χ0) is 16.4. The predicted molar refractivity (Wildman–Crippen MR) is 89.2 cm³/mol. The van der Waals surface area contributed by atoms with E-state index in [2.05, 4.69) is 17.2 Å². The number of ether oxygens (including phenoxy) is 1. The van der Waals surface area contributed by atoms with Gasteiger partial charge in [0.2, 0.25) is 0 Å². The molecule has 120 valence electrons. The molecule has 0 saturated carbocycles. The average Bonchev–Trinajstić information content (AvgIpc) is 2.54. The molecule has 2 aromatic rings. The van der Waals surface area contributed by atoms with Crippen LogP contribution < -0.4 is 15.6 Å². The summed E-state index contributed by atoms with van der Waals surface area (Å²) >= 11 is 0. The lowest BCUT2D eigenvalue weighted by atomic mass is 9.87. The molecular formula is C18H20N2O3. The maximum Gasteiger partial charge on any atom is 0.261 e. The van der Waals surface area contributed by atoms with Crippen molar-refractivity contribution in [2.45, 2.75) is 26.2 Å². The molecule has 1 amide bonds. The number of carbonyl (C=O) groups is 1. The summed E-state index contributed by atoms with van der Waals surface area (Å²) in [5, 5.41) is 2.75. The van der Waals surface area contributed by atoms with Crippen LogP contribution in [0.15, 0.2) is 35.1 Å². The second kappa shape index (κ2) is 6.28. The summed E-state index contributed by atoms with van der Waals surface area (Å²) < 4.78 is 5.13. The monoisotopic (exact) mass is 312 g/mol. The number of hydrogen-bond donors (Lipinski definition) is 2. The van der Waals surface area contributed by atoms with E-state index in [-0.39, 0.29) is 11.1 Å². The number of pyridine rings is 1. The molecule has 1 aromatic heterocycles. The highest BCUT2D eigenvalue weighted by Gasteiger charge is 2.20. The van der Waals surface area contributed by atoms with Crippen LogP contribution in [0.3, 0.4) is 0 Å². The van der Waals surface area contributed by atoms with Crippen LogP contribution in [0.5, 0.6) is 5.75 Å². The number of aryl methyl sites for hydroxylation is 1. The van der Waals surface area contributed by atoms with Gasteiger partial charge in [0, 0.05) is 17.4 Å². The fourth-order valence-electron chi connectivity index (χ4n) is 2.95. The smallest absolute Gasteiger partial charge is 0.261 e. The number of amides is 1. The van der Waals surface area contributed by atoms with E-state index >= 15 is 0 Å². The number of rotatable bonds is 3. The first kappa shape index (κ1) is 15.3. The van der Waals surface area contributed by atoms with Gasteiger partial charge in [-0.1, -0.05) is 13.0 Å². The number of nitrogens with one attached hydrogen (secondary N) is 2. The molecule has 0 bridgehead atoms. The van der Waals surface area contributed by atoms with Gasteiger partial charge in [-0.25, -0.2) is 0 Å².